The van der Waals surface area contributed by atoms with Crippen molar-refractivity contribution in [3.8, 4) is 0 Å². The number of hydrogen-bond donors (Lipinski definition) is 1. The number of allylic oxidation sites excluding steroid dienone is 3. The van der Waals surface area contributed by atoms with Crippen LogP contribution in [-0.4, -0.2) is 35.4 Å². The number of aliphatic hydroxyl groups is 1. The molecule has 2 fully saturated rings. The molecule has 2 bridgehead atoms. The van der Waals surface area contributed by atoms with Gasteiger partial charge < -0.3 is 14.7 Å². The highest BCUT2D eigenvalue weighted by Crippen LogP contribution is 2.55. The monoisotopic (exact) mass is 305 g/mol. The Morgan fingerprint density at radius 1 is 1.27 bits per heavy atom. The predicted molar refractivity (Wildman–Crippen MR) is 84.7 cm³/mol. The summed E-state index contributed by atoms with van der Waals surface area (Å²) >= 11 is 0. The van der Waals surface area contributed by atoms with Crippen molar-refractivity contribution < 1.29 is 14.6 Å². The minimum Gasteiger partial charge on any atom is -0.368 e. The maximum Gasteiger partial charge on any atom is 0.231 e. The van der Waals surface area contributed by atoms with Crippen LogP contribution in [0.25, 0.3) is 0 Å². The van der Waals surface area contributed by atoms with Crippen LogP contribution >= 0.6 is 0 Å². The number of nitrogens with zero attached hydrogens (tertiary/aromatic N) is 1. The lowest BCUT2D eigenvalue weighted by Gasteiger charge is -2.21. The van der Waals surface area contributed by atoms with Gasteiger partial charge in [-0.05, 0) is 38.0 Å². The first kappa shape index (κ1) is 15.8. The van der Waals surface area contributed by atoms with E-state index < -0.39 is 6.29 Å². The Bertz CT molecular complexity index is 441. The number of fused-ring (bicyclic) bond motifs is 5. The Morgan fingerprint density at radius 3 is 2.64 bits per heavy atom. The number of ether oxygens (including phenoxy) is 1. The first-order valence-corrected chi connectivity index (χ1v) is 8.57. The average Bonchev–Trinajstić information content (AvgIpc) is 3.14. The molecule has 0 radical (unpaired) electrons. The molecule has 122 valence electrons. The van der Waals surface area contributed by atoms with Crippen LogP contribution in [0, 0.1) is 23.7 Å². The lowest BCUT2D eigenvalue weighted by atomic mass is 9.84. The molecule has 1 saturated carbocycles. The molecule has 4 nitrogen and oxygen atoms in total. The van der Waals surface area contributed by atoms with Crippen LogP contribution in [0.4, 0.5) is 0 Å². The first-order chi connectivity index (χ1) is 10.6. The van der Waals surface area contributed by atoms with Gasteiger partial charge in [0.15, 0.2) is 6.29 Å². The summed E-state index contributed by atoms with van der Waals surface area (Å²) in [5, 5.41) is 9.00. The van der Waals surface area contributed by atoms with Crippen molar-refractivity contribution in [1.29, 1.82) is 0 Å². The van der Waals surface area contributed by atoms with Gasteiger partial charge in [-0.15, -0.1) is 0 Å². The fourth-order valence-electron chi connectivity index (χ4n) is 4.35. The average molecular weight is 305 g/mol. The molecule has 3 aliphatic rings. The van der Waals surface area contributed by atoms with Crippen molar-refractivity contribution in [2.45, 2.75) is 45.3 Å². The summed E-state index contributed by atoms with van der Waals surface area (Å²) in [5.41, 5.74) is 1.06. The van der Waals surface area contributed by atoms with Gasteiger partial charge in [-0.2, -0.15) is 0 Å². The van der Waals surface area contributed by atoms with Gasteiger partial charge in [-0.25, -0.2) is 0 Å². The fourth-order valence-corrected chi connectivity index (χ4v) is 4.35. The number of rotatable bonds is 8. The van der Waals surface area contributed by atoms with Gasteiger partial charge in [0.25, 0.3) is 0 Å². The van der Waals surface area contributed by atoms with Crippen LogP contribution in [0.2, 0.25) is 0 Å². The highest BCUT2D eigenvalue weighted by atomic mass is 16.6. The summed E-state index contributed by atoms with van der Waals surface area (Å²) < 4.78 is 5.11. The molecule has 5 unspecified atom stereocenters. The van der Waals surface area contributed by atoms with Crippen LogP contribution in [0.5, 0.6) is 0 Å². The third-order valence-corrected chi connectivity index (χ3v) is 5.38. The van der Waals surface area contributed by atoms with E-state index >= 15 is 0 Å². The quantitative estimate of drug-likeness (QED) is 0.426. The highest BCUT2D eigenvalue weighted by Gasteiger charge is 2.55. The lowest BCUT2D eigenvalue weighted by molar-refractivity contribution is -0.131. The fraction of sp³-hybridized carbons (Fsp3) is 0.722. The standard InChI is InChI=1S/C18H27NO3/c1-12-16-14-7-8-15(11-14)17(16)18(21)19(12)9-5-3-4-6-10-22-13(2)20/h7-8,13-17,20H,1,3-6,9-11H2,2H3. The maximum absolute atomic E-state index is 12.6. The second kappa shape index (κ2) is 6.55. The molecule has 1 aliphatic heterocycles. The van der Waals surface area contributed by atoms with Crippen molar-refractivity contribution in [3.05, 3.63) is 24.4 Å². The van der Waals surface area contributed by atoms with Crippen molar-refractivity contribution in [2.75, 3.05) is 13.2 Å². The van der Waals surface area contributed by atoms with Crippen LogP contribution < -0.4 is 0 Å². The minimum atomic E-state index is -0.672. The van der Waals surface area contributed by atoms with Crippen LogP contribution in [0.15, 0.2) is 24.4 Å². The Kier molecular flexibility index (Phi) is 4.69. The lowest BCUT2D eigenvalue weighted by Crippen LogP contribution is -2.29. The molecular formula is C18H27NO3. The third kappa shape index (κ3) is 2.86. The molecule has 2 aliphatic carbocycles. The van der Waals surface area contributed by atoms with Crippen LogP contribution in [0.1, 0.15) is 39.0 Å². The zero-order valence-corrected chi connectivity index (χ0v) is 13.4. The van der Waals surface area contributed by atoms with Crippen molar-refractivity contribution in [2.24, 2.45) is 23.7 Å². The first-order valence-electron chi connectivity index (χ1n) is 8.57. The van der Waals surface area contributed by atoms with E-state index in [0.29, 0.717) is 30.3 Å². The van der Waals surface area contributed by atoms with Gasteiger partial charge >= 0.3 is 0 Å². The van der Waals surface area contributed by atoms with E-state index in [1.807, 2.05) is 4.90 Å². The van der Waals surface area contributed by atoms with Crippen LogP contribution in [0.3, 0.4) is 0 Å². The van der Waals surface area contributed by atoms with Gasteiger partial charge in [0.1, 0.15) is 0 Å². The summed E-state index contributed by atoms with van der Waals surface area (Å²) in [5.74, 6) is 1.88. The summed E-state index contributed by atoms with van der Waals surface area (Å²) in [6, 6.07) is 0. The number of carbonyl (C=O) groups excluding carboxylic acids is 1. The SMILES string of the molecule is C=C1C2C3C=CC(C3)C2C(=O)N1CCCCCCOC(C)O. The number of hydrogen-bond acceptors (Lipinski definition) is 3. The van der Waals surface area contributed by atoms with E-state index in [4.69, 9.17) is 9.84 Å². The molecule has 22 heavy (non-hydrogen) atoms. The molecule has 1 amide bonds. The Hall–Kier alpha value is -1.13. The third-order valence-electron chi connectivity index (χ3n) is 5.38. The number of aliphatic hydroxyl groups excluding tert-OH is 1. The zero-order chi connectivity index (χ0) is 15.7. The normalized spacial score (nSPS) is 33.8. The van der Waals surface area contributed by atoms with E-state index in [1.165, 1.54) is 0 Å². The molecular weight excluding hydrogens is 278 g/mol. The van der Waals surface area contributed by atoms with E-state index in [1.54, 1.807) is 6.92 Å². The summed E-state index contributed by atoms with van der Waals surface area (Å²) in [4.78, 5) is 14.6. The molecule has 0 aromatic heterocycles. The van der Waals surface area contributed by atoms with E-state index in [9.17, 15) is 4.79 Å². The van der Waals surface area contributed by atoms with Gasteiger partial charge in [-0.3, -0.25) is 4.79 Å². The molecule has 0 aromatic rings. The second-order valence-corrected chi connectivity index (χ2v) is 6.87. The Morgan fingerprint density at radius 2 is 1.95 bits per heavy atom. The van der Waals surface area contributed by atoms with Gasteiger partial charge in [0, 0.05) is 24.8 Å². The van der Waals surface area contributed by atoms with Gasteiger partial charge in [0.05, 0.1) is 5.92 Å². The van der Waals surface area contributed by atoms with Crippen LogP contribution in [-0.2, 0) is 9.53 Å². The number of amides is 1. The molecule has 1 heterocycles. The van der Waals surface area contributed by atoms with Crippen molar-refractivity contribution in [3.63, 3.8) is 0 Å². The molecule has 1 N–H and O–H groups in total. The summed E-state index contributed by atoms with van der Waals surface area (Å²) in [6.07, 6.45) is 9.13. The van der Waals surface area contributed by atoms with E-state index in [2.05, 4.69) is 18.7 Å². The maximum atomic E-state index is 12.6. The zero-order valence-electron chi connectivity index (χ0n) is 13.4. The summed E-state index contributed by atoms with van der Waals surface area (Å²) in [7, 11) is 0. The Balaban J connectivity index is 1.39. The summed E-state index contributed by atoms with van der Waals surface area (Å²) in [6.45, 7) is 7.26. The van der Waals surface area contributed by atoms with E-state index in [-0.39, 0.29) is 5.92 Å². The van der Waals surface area contributed by atoms with Gasteiger partial charge in [0.2, 0.25) is 5.91 Å². The number of unbranched alkanes of at least 4 members (excludes halogenated alkanes) is 3. The van der Waals surface area contributed by atoms with Crippen molar-refractivity contribution in [1.82, 2.24) is 4.90 Å². The smallest absolute Gasteiger partial charge is 0.231 e. The number of likely N-dealkylation sites (tertiary alicyclic amines) is 1. The largest absolute Gasteiger partial charge is 0.368 e. The molecule has 0 aromatic carbocycles. The van der Waals surface area contributed by atoms with Gasteiger partial charge in [-0.1, -0.05) is 31.6 Å². The molecule has 4 heteroatoms. The second-order valence-electron chi connectivity index (χ2n) is 6.87. The molecule has 5 atom stereocenters. The topological polar surface area (TPSA) is 49.8 Å². The van der Waals surface area contributed by atoms with Crippen molar-refractivity contribution >= 4 is 5.91 Å². The molecule has 0 spiro atoms. The predicted octanol–water partition coefficient (Wildman–Crippen LogP) is 2.70. The number of carbonyl (C=O) groups is 1. The van der Waals surface area contributed by atoms with E-state index in [0.717, 1.165) is 44.3 Å². The minimum absolute atomic E-state index is 0.182. The Labute approximate surface area is 132 Å². The highest BCUT2D eigenvalue weighted by molar-refractivity contribution is 5.86. The molecule has 3 rings (SSSR count). The molecule has 1 saturated heterocycles.